The van der Waals surface area contributed by atoms with Crippen molar-refractivity contribution in [3.05, 3.63) is 77.4 Å². The van der Waals surface area contributed by atoms with Crippen LogP contribution in [0.3, 0.4) is 0 Å². The molecule has 1 aromatic heterocycles. The van der Waals surface area contributed by atoms with Gasteiger partial charge in [0.25, 0.3) is 0 Å². The van der Waals surface area contributed by atoms with Crippen LogP contribution in [0.2, 0.25) is 0 Å². The van der Waals surface area contributed by atoms with Crippen molar-refractivity contribution < 1.29 is 9.53 Å². The van der Waals surface area contributed by atoms with E-state index in [9.17, 15) is 4.79 Å². The molecule has 1 atom stereocenters. The molecule has 0 radical (unpaired) electrons. The summed E-state index contributed by atoms with van der Waals surface area (Å²) in [4.78, 5) is 25.0. The van der Waals surface area contributed by atoms with E-state index >= 15 is 0 Å². The molecule has 1 unspecified atom stereocenters. The van der Waals surface area contributed by atoms with Crippen LogP contribution in [-0.4, -0.2) is 54.8 Å². The Balaban J connectivity index is 1.14. The Morgan fingerprint density at radius 2 is 1.79 bits per heavy atom. The fourth-order valence-corrected chi connectivity index (χ4v) is 4.50. The van der Waals surface area contributed by atoms with E-state index in [1.165, 1.54) is 5.69 Å². The molecule has 3 heterocycles. The highest BCUT2D eigenvalue weighted by Crippen LogP contribution is 2.25. The van der Waals surface area contributed by atoms with Crippen LogP contribution in [0, 0.1) is 11.3 Å². The predicted octanol–water partition coefficient (Wildman–Crippen LogP) is 2.60. The van der Waals surface area contributed by atoms with E-state index in [-0.39, 0.29) is 11.9 Å². The number of anilines is 2. The normalized spacial score (nSPS) is 18.3. The zero-order valence-corrected chi connectivity index (χ0v) is 19.0. The lowest BCUT2D eigenvalue weighted by molar-refractivity contribution is -0.118. The van der Waals surface area contributed by atoms with Crippen molar-refractivity contribution >= 4 is 17.3 Å². The van der Waals surface area contributed by atoms with Crippen LogP contribution in [0.4, 0.5) is 11.4 Å². The van der Waals surface area contributed by atoms with Gasteiger partial charge in [-0.1, -0.05) is 12.1 Å². The summed E-state index contributed by atoms with van der Waals surface area (Å²) >= 11 is 0. The largest absolute Gasteiger partial charge is 0.378 e. The van der Waals surface area contributed by atoms with Crippen LogP contribution in [-0.2, 0) is 22.5 Å². The van der Waals surface area contributed by atoms with Crippen LogP contribution in [0.1, 0.15) is 29.1 Å². The van der Waals surface area contributed by atoms with E-state index in [2.05, 4.69) is 38.4 Å². The van der Waals surface area contributed by atoms with Gasteiger partial charge in [0.2, 0.25) is 5.91 Å². The van der Waals surface area contributed by atoms with E-state index in [1.807, 2.05) is 47.5 Å². The van der Waals surface area contributed by atoms with Gasteiger partial charge in [-0.05, 0) is 48.4 Å². The van der Waals surface area contributed by atoms with Gasteiger partial charge in [-0.25, -0.2) is 4.98 Å². The first kappa shape index (κ1) is 22.1. The minimum atomic E-state index is -0.204. The lowest BCUT2D eigenvalue weighted by Crippen LogP contribution is -2.38. The number of hydrogen-bond donors (Lipinski definition) is 2. The second-order valence-corrected chi connectivity index (χ2v) is 8.67. The maximum atomic E-state index is 13.0. The zero-order valence-electron chi connectivity index (χ0n) is 19.0. The molecule has 2 N–H and O–H groups in total. The zero-order chi connectivity index (χ0) is 23.3. The standard InChI is InChI=1S/C26H28N6O2/c27-16-20-3-1-19(2-4-20)15-25-29-18-21(30-25)17-28-24-9-10-32(26(24)33)23-7-5-22(6-8-23)31-11-13-34-14-12-31/h1-8,18,24,28H,9-15,17H2,(H,29,30). The Labute approximate surface area is 199 Å². The predicted molar refractivity (Wildman–Crippen MR) is 130 cm³/mol. The number of ether oxygens (including phenoxy) is 1. The van der Waals surface area contributed by atoms with Gasteiger partial charge in [0.05, 0.1) is 30.9 Å². The van der Waals surface area contributed by atoms with Crippen molar-refractivity contribution in [1.82, 2.24) is 15.3 Å². The molecule has 1 amide bonds. The van der Waals surface area contributed by atoms with Crippen molar-refractivity contribution in [2.24, 2.45) is 0 Å². The minimum Gasteiger partial charge on any atom is -0.378 e. The number of nitriles is 1. The number of carbonyl (C=O) groups excluding carboxylic acids is 1. The number of hydrogen-bond acceptors (Lipinski definition) is 6. The Hall–Kier alpha value is -3.67. The maximum Gasteiger partial charge on any atom is 0.244 e. The summed E-state index contributed by atoms with van der Waals surface area (Å²) in [6.45, 7) is 4.58. The first-order chi connectivity index (χ1) is 16.7. The molecule has 8 nitrogen and oxygen atoms in total. The molecule has 8 heteroatoms. The van der Waals surface area contributed by atoms with Gasteiger partial charge in [0.15, 0.2) is 0 Å². The summed E-state index contributed by atoms with van der Waals surface area (Å²) < 4.78 is 5.43. The molecule has 0 bridgehead atoms. The summed E-state index contributed by atoms with van der Waals surface area (Å²) in [7, 11) is 0. The van der Waals surface area contributed by atoms with Gasteiger partial charge in [0, 0.05) is 55.9 Å². The highest BCUT2D eigenvalue weighted by Gasteiger charge is 2.32. The molecule has 34 heavy (non-hydrogen) atoms. The van der Waals surface area contributed by atoms with Gasteiger partial charge in [0.1, 0.15) is 5.82 Å². The number of benzene rings is 2. The maximum absolute atomic E-state index is 13.0. The molecule has 2 aromatic carbocycles. The van der Waals surface area contributed by atoms with Crippen molar-refractivity contribution in [3.63, 3.8) is 0 Å². The van der Waals surface area contributed by atoms with Crippen LogP contribution in [0.15, 0.2) is 54.7 Å². The molecule has 5 rings (SSSR count). The van der Waals surface area contributed by atoms with Crippen molar-refractivity contribution in [2.75, 3.05) is 42.6 Å². The van der Waals surface area contributed by atoms with Crippen LogP contribution in [0.25, 0.3) is 0 Å². The minimum absolute atomic E-state index is 0.108. The first-order valence-corrected chi connectivity index (χ1v) is 11.7. The van der Waals surface area contributed by atoms with Crippen LogP contribution in [0.5, 0.6) is 0 Å². The average molecular weight is 457 g/mol. The van der Waals surface area contributed by atoms with Crippen LogP contribution >= 0.6 is 0 Å². The summed E-state index contributed by atoms with van der Waals surface area (Å²) in [6.07, 6.45) is 3.26. The van der Waals surface area contributed by atoms with Crippen molar-refractivity contribution in [3.8, 4) is 6.07 Å². The number of rotatable bonds is 7. The average Bonchev–Trinajstić information content (AvgIpc) is 3.49. The second-order valence-electron chi connectivity index (χ2n) is 8.67. The number of morpholine rings is 1. The third-order valence-corrected chi connectivity index (χ3v) is 6.42. The third kappa shape index (κ3) is 4.96. The van der Waals surface area contributed by atoms with E-state index in [0.29, 0.717) is 25.1 Å². The number of nitrogens with one attached hydrogen (secondary N) is 2. The summed E-state index contributed by atoms with van der Waals surface area (Å²) in [5, 5.41) is 12.3. The molecule has 2 aliphatic rings. The van der Waals surface area contributed by atoms with Gasteiger partial charge < -0.3 is 24.8 Å². The van der Waals surface area contributed by atoms with Crippen LogP contribution < -0.4 is 15.1 Å². The molecule has 0 saturated carbocycles. The van der Waals surface area contributed by atoms with Gasteiger partial charge in [-0.2, -0.15) is 5.26 Å². The number of imidazole rings is 1. The molecular formula is C26H28N6O2. The number of H-pyrrole nitrogens is 1. The lowest BCUT2D eigenvalue weighted by atomic mass is 10.1. The molecule has 174 valence electrons. The second kappa shape index (κ2) is 10.1. The number of amides is 1. The SMILES string of the molecule is N#Cc1ccc(Cc2ncc(CNC3CCN(c4ccc(N5CCOCC5)cc4)C3=O)[nH]2)cc1. The van der Waals surface area contributed by atoms with Gasteiger partial charge in [-0.3, -0.25) is 4.79 Å². The van der Waals surface area contributed by atoms with Crippen molar-refractivity contribution in [1.29, 1.82) is 5.26 Å². The third-order valence-electron chi connectivity index (χ3n) is 6.42. The molecule has 2 aliphatic heterocycles. The number of aromatic nitrogens is 2. The molecule has 2 fully saturated rings. The van der Waals surface area contributed by atoms with E-state index in [0.717, 1.165) is 55.5 Å². The quantitative estimate of drug-likeness (QED) is 0.567. The highest BCUT2D eigenvalue weighted by atomic mass is 16.5. The van der Waals surface area contributed by atoms with E-state index in [4.69, 9.17) is 10.00 Å². The fourth-order valence-electron chi connectivity index (χ4n) is 4.50. The molecule has 0 aliphatic carbocycles. The molecule has 3 aromatic rings. The number of aromatic amines is 1. The smallest absolute Gasteiger partial charge is 0.244 e. The van der Waals surface area contributed by atoms with E-state index < -0.39 is 0 Å². The number of nitrogens with zero attached hydrogens (tertiary/aromatic N) is 4. The summed E-state index contributed by atoms with van der Waals surface area (Å²) in [5.41, 5.74) is 4.80. The first-order valence-electron chi connectivity index (χ1n) is 11.7. The summed E-state index contributed by atoms with van der Waals surface area (Å²) in [6, 6.07) is 17.7. The number of carbonyl (C=O) groups is 1. The molecule has 0 spiro atoms. The Kier molecular flexibility index (Phi) is 6.56. The topological polar surface area (TPSA) is 97.3 Å². The van der Waals surface area contributed by atoms with Gasteiger partial charge >= 0.3 is 0 Å². The lowest BCUT2D eigenvalue weighted by Gasteiger charge is -2.29. The van der Waals surface area contributed by atoms with E-state index in [1.54, 1.807) is 0 Å². The Bertz CT molecular complexity index is 1160. The van der Waals surface area contributed by atoms with Crippen molar-refractivity contribution in [2.45, 2.75) is 25.4 Å². The Morgan fingerprint density at radius 1 is 1.06 bits per heavy atom. The monoisotopic (exact) mass is 456 g/mol. The highest BCUT2D eigenvalue weighted by molar-refractivity contribution is 5.99. The fraction of sp³-hybridized carbons (Fsp3) is 0.346. The molecule has 2 saturated heterocycles. The molecular weight excluding hydrogens is 428 g/mol. The van der Waals surface area contributed by atoms with Gasteiger partial charge in [-0.15, -0.1) is 0 Å². The Morgan fingerprint density at radius 3 is 2.53 bits per heavy atom. The summed E-state index contributed by atoms with van der Waals surface area (Å²) in [5.74, 6) is 0.970.